The number of alkyl halides is 1. The van der Waals surface area contributed by atoms with Gasteiger partial charge in [0.2, 0.25) is 4.96 Å². The van der Waals surface area contributed by atoms with E-state index in [1.807, 2.05) is 35.7 Å². The van der Waals surface area contributed by atoms with Crippen LogP contribution in [0.15, 0.2) is 35.7 Å². The summed E-state index contributed by atoms with van der Waals surface area (Å²) in [6.45, 7) is 0. The van der Waals surface area contributed by atoms with E-state index in [0.29, 0.717) is 5.88 Å². The summed E-state index contributed by atoms with van der Waals surface area (Å²) in [6.07, 6.45) is 0. The van der Waals surface area contributed by atoms with Gasteiger partial charge in [-0.05, 0) is 0 Å². The normalized spacial score (nSPS) is 11.1. The van der Waals surface area contributed by atoms with Crippen molar-refractivity contribution in [1.82, 2.24) is 14.6 Å². The molecule has 2 aromatic heterocycles. The number of fused-ring (bicyclic) bond motifs is 1. The monoisotopic (exact) mass is 249 g/mol. The molecule has 0 aliphatic rings. The van der Waals surface area contributed by atoms with Gasteiger partial charge in [0.05, 0.1) is 11.6 Å². The number of aromatic nitrogens is 3. The van der Waals surface area contributed by atoms with Crippen LogP contribution in [0.25, 0.3) is 16.3 Å². The van der Waals surface area contributed by atoms with Crippen LogP contribution in [0.3, 0.4) is 0 Å². The molecule has 3 rings (SSSR count). The summed E-state index contributed by atoms with van der Waals surface area (Å²) in [7, 11) is 0. The Morgan fingerprint density at radius 2 is 2.06 bits per heavy atom. The number of hydrogen-bond donors (Lipinski definition) is 0. The molecule has 3 aromatic rings. The Balaban J connectivity index is 2.16. The Morgan fingerprint density at radius 3 is 2.81 bits per heavy atom. The highest BCUT2D eigenvalue weighted by molar-refractivity contribution is 7.15. The van der Waals surface area contributed by atoms with Gasteiger partial charge in [-0.1, -0.05) is 30.3 Å². The zero-order chi connectivity index (χ0) is 11.0. The third-order valence-electron chi connectivity index (χ3n) is 2.32. The van der Waals surface area contributed by atoms with Crippen LogP contribution < -0.4 is 0 Å². The maximum atomic E-state index is 5.82. The summed E-state index contributed by atoms with van der Waals surface area (Å²) in [6, 6.07) is 9.94. The molecule has 3 nitrogen and oxygen atoms in total. The van der Waals surface area contributed by atoms with Crippen molar-refractivity contribution in [2.75, 3.05) is 0 Å². The lowest BCUT2D eigenvalue weighted by Gasteiger charge is -1.92. The minimum absolute atomic E-state index is 0.456. The van der Waals surface area contributed by atoms with Gasteiger partial charge in [-0.25, -0.2) is 4.52 Å². The maximum absolute atomic E-state index is 5.82. The number of benzene rings is 1. The van der Waals surface area contributed by atoms with Crippen LogP contribution in [0.4, 0.5) is 0 Å². The van der Waals surface area contributed by atoms with E-state index in [9.17, 15) is 0 Å². The molecule has 0 unspecified atom stereocenters. The summed E-state index contributed by atoms with van der Waals surface area (Å²) in [5.41, 5.74) is 2.01. The Bertz CT molecular complexity index is 614. The summed E-state index contributed by atoms with van der Waals surface area (Å²) in [5, 5.41) is 6.43. The van der Waals surface area contributed by atoms with Crippen molar-refractivity contribution >= 4 is 27.9 Å². The van der Waals surface area contributed by atoms with E-state index in [1.54, 1.807) is 15.9 Å². The van der Waals surface area contributed by atoms with Gasteiger partial charge in [0.15, 0.2) is 5.82 Å². The van der Waals surface area contributed by atoms with Crippen LogP contribution in [0, 0.1) is 0 Å². The molecule has 0 amide bonds. The standard InChI is InChI=1S/C11H8ClN3S/c12-6-9-7-16-11-13-10(14-15(9)11)8-4-2-1-3-5-8/h1-5,7H,6H2. The predicted octanol–water partition coefficient (Wildman–Crippen LogP) is 3.20. The maximum Gasteiger partial charge on any atom is 0.212 e. The number of rotatable bonds is 2. The van der Waals surface area contributed by atoms with Gasteiger partial charge in [0.1, 0.15) is 0 Å². The SMILES string of the molecule is ClCc1csc2nc(-c3ccccc3)nn12. The topological polar surface area (TPSA) is 30.2 Å². The Hall–Kier alpha value is -1.39. The average molecular weight is 250 g/mol. The van der Waals surface area contributed by atoms with E-state index < -0.39 is 0 Å². The lowest BCUT2D eigenvalue weighted by atomic mass is 10.2. The third-order valence-corrected chi connectivity index (χ3v) is 3.46. The molecule has 0 aliphatic carbocycles. The fourth-order valence-electron chi connectivity index (χ4n) is 1.53. The molecule has 0 saturated carbocycles. The Labute approximate surface area is 101 Å². The fraction of sp³-hybridized carbons (Fsp3) is 0.0909. The second kappa shape index (κ2) is 3.88. The third kappa shape index (κ3) is 1.50. The van der Waals surface area contributed by atoms with Crippen LogP contribution in [-0.2, 0) is 5.88 Å². The first kappa shape index (κ1) is 9.81. The molecule has 1 aromatic carbocycles. The molecule has 2 heterocycles. The van der Waals surface area contributed by atoms with Crippen molar-refractivity contribution in [2.24, 2.45) is 0 Å². The first-order valence-electron chi connectivity index (χ1n) is 4.83. The van der Waals surface area contributed by atoms with E-state index in [1.165, 1.54) is 0 Å². The molecule has 0 spiro atoms. The van der Waals surface area contributed by atoms with E-state index in [4.69, 9.17) is 11.6 Å². The van der Waals surface area contributed by atoms with E-state index >= 15 is 0 Å². The van der Waals surface area contributed by atoms with Crippen molar-refractivity contribution in [1.29, 1.82) is 0 Å². The van der Waals surface area contributed by atoms with Gasteiger partial charge in [0, 0.05) is 10.9 Å². The quantitative estimate of drug-likeness (QED) is 0.653. The summed E-state index contributed by atoms with van der Waals surface area (Å²) in [5.74, 6) is 1.20. The molecule has 80 valence electrons. The van der Waals surface area contributed by atoms with E-state index in [0.717, 1.165) is 22.0 Å². The minimum Gasteiger partial charge on any atom is -0.206 e. The van der Waals surface area contributed by atoms with Gasteiger partial charge >= 0.3 is 0 Å². The van der Waals surface area contributed by atoms with Crippen molar-refractivity contribution in [3.63, 3.8) is 0 Å². The Kier molecular flexibility index (Phi) is 2.38. The van der Waals surface area contributed by atoms with Gasteiger partial charge in [0.25, 0.3) is 0 Å². The molecule has 0 saturated heterocycles. The highest BCUT2D eigenvalue weighted by Crippen LogP contribution is 2.21. The molecule has 0 radical (unpaired) electrons. The van der Waals surface area contributed by atoms with Gasteiger partial charge in [-0.2, -0.15) is 4.98 Å². The first-order valence-corrected chi connectivity index (χ1v) is 6.24. The highest BCUT2D eigenvalue weighted by Gasteiger charge is 2.09. The lowest BCUT2D eigenvalue weighted by molar-refractivity contribution is 0.927. The van der Waals surface area contributed by atoms with E-state index in [2.05, 4.69) is 10.1 Å². The molecular formula is C11H8ClN3S. The zero-order valence-electron chi connectivity index (χ0n) is 8.30. The zero-order valence-corrected chi connectivity index (χ0v) is 9.87. The molecule has 0 aliphatic heterocycles. The molecule has 16 heavy (non-hydrogen) atoms. The van der Waals surface area contributed by atoms with Crippen molar-refractivity contribution in [2.45, 2.75) is 5.88 Å². The number of hydrogen-bond acceptors (Lipinski definition) is 3. The second-order valence-electron chi connectivity index (χ2n) is 3.36. The summed E-state index contributed by atoms with van der Waals surface area (Å²) >= 11 is 7.38. The molecule has 0 N–H and O–H groups in total. The average Bonchev–Trinajstić information content (AvgIpc) is 2.89. The van der Waals surface area contributed by atoms with Crippen LogP contribution in [0.1, 0.15) is 5.69 Å². The van der Waals surface area contributed by atoms with E-state index in [-0.39, 0.29) is 0 Å². The molecule has 5 heteroatoms. The van der Waals surface area contributed by atoms with Crippen LogP contribution in [0.5, 0.6) is 0 Å². The molecule has 0 fully saturated rings. The van der Waals surface area contributed by atoms with Crippen LogP contribution in [0.2, 0.25) is 0 Å². The summed E-state index contributed by atoms with van der Waals surface area (Å²) < 4.78 is 1.81. The Morgan fingerprint density at radius 1 is 1.25 bits per heavy atom. The fourth-order valence-corrected chi connectivity index (χ4v) is 2.63. The van der Waals surface area contributed by atoms with Crippen molar-refractivity contribution in [3.05, 3.63) is 41.4 Å². The van der Waals surface area contributed by atoms with Crippen LogP contribution in [-0.4, -0.2) is 14.6 Å². The molecule has 0 atom stereocenters. The van der Waals surface area contributed by atoms with Crippen molar-refractivity contribution < 1.29 is 0 Å². The lowest BCUT2D eigenvalue weighted by Crippen LogP contribution is -1.89. The summed E-state index contributed by atoms with van der Waals surface area (Å²) in [4.78, 5) is 5.35. The van der Waals surface area contributed by atoms with Gasteiger partial charge in [-0.15, -0.1) is 28.0 Å². The number of nitrogens with zero attached hydrogens (tertiary/aromatic N) is 3. The van der Waals surface area contributed by atoms with Gasteiger partial charge in [-0.3, -0.25) is 0 Å². The predicted molar refractivity (Wildman–Crippen MR) is 65.9 cm³/mol. The van der Waals surface area contributed by atoms with Crippen molar-refractivity contribution in [3.8, 4) is 11.4 Å². The second-order valence-corrected chi connectivity index (χ2v) is 4.46. The molecule has 0 bridgehead atoms. The number of thiazole rings is 1. The minimum atomic E-state index is 0.456. The van der Waals surface area contributed by atoms with Crippen LogP contribution >= 0.6 is 22.9 Å². The number of halogens is 1. The molecular weight excluding hydrogens is 242 g/mol. The first-order chi connectivity index (χ1) is 7.88. The highest BCUT2D eigenvalue weighted by atomic mass is 35.5. The van der Waals surface area contributed by atoms with Gasteiger partial charge < -0.3 is 0 Å². The largest absolute Gasteiger partial charge is 0.212 e. The smallest absolute Gasteiger partial charge is 0.206 e.